The van der Waals surface area contributed by atoms with E-state index < -0.39 is 0 Å². The molecule has 0 heterocycles. The zero-order valence-electron chi connectivity index (χ0n) is 9.05. The zero-order valence-corrected chi connectivity index (χ0v) is 9.05. The third-order valence-electron chi connectivity index (χ3n) is 2.57. The van der Waals surface area contributed by atoms with Gasteiger partial charge in [-0.05, 0) is 39.0 Å². The number of nitrogens with one attached hydrogen (secondary N) is 1. The minimum Gasteiger partial charge on any atom is -0.352 e. The number of hydrogen-bond acceptors (Lipinski definition) is 2. The van der Waals surface area contributed by atoms with E-state index in [1.165, 1.54) is 0 Å². The predicted molar refractivity (Wildman–Crippen MR) is 57.8 cm³/mol. The maximum atomic E-state index is 11.3. The third kappa shape index (κ3) is 3.92. The fraction of sp³-hybridized carbons (Fsp3) is 0.727. The number of amides is 1. The van der Waals surface area contributed by atoms with Crippen LogP contribution < -0.4 is 11.1 Å². The SMILES string of the molecule is CC(C)=CC(=O)NCC1CCC(N)C1. The van der Waals surface area contributed by atoms with Gasteiger partial charge in [-0.25, -0.2) is 0 Å². The van der Waals surface area contributed by atoms with E-state index in [1.807, 2.05) is 13.8 Å². The molecule has 0 aliphatic heterocycles. The smallest absolute Gasteiger partial charge is 0.243 e. The Morgan fingerprint density at radius 1 is 1.50 bits per heavy atom. The van der Waals surface area contributed by atoms with Crippen LogP contribution in [0.15, 0.2) is 11.6 Å². The van der Waals surface area contributed by atoms with Crippen LogP contribution >= 0.6 is 0 Å². The van der Waals surface area contributed by atoms with Crippen LogP contribution in [0.25, 0.3) is 0 Å². The first kappa shape index (κ1) is 11.2. The van der Waals surface area contributed by atoms with Gasteiger partial charge in [0.1, 0.15) is 0 Å². The first-order valence-corrected chi connectivity index (χ1v) is 5.26. The Bertz CT molecular complexity index is 231. The van der Waals surface area contributed by atoms with E-state index in [9.17, 15) is 4.79 Å². The molecule has 0 saturated heterocycles. The Kier molecular flexibility index (Phi) is 4.14. The summed E-state index contributed by atoms with van der Waals surface area (Å²) in [5.41, 5.74) is 6.82. The molecule has 1 aliphatic carbocycles. The van der Waals surface area contributed by atoms with E-state index in [-0.39, 0.29) is 5.91 Å². The predicted octanol–water partition coefficient (Wildman–Crippen LogP) is 1.20. The quantitative estimate of drug-likeness (QED) is 0.666. The van der Waals surface area contributed by atoms with E-state index in [4.69, 9.17) is 5.73 Å². The average molecular weight is 196 g/mol. The van der Waals surface area contributed by atoms with Gasteiger partial charge >= 0.3 is 0 Å². The maximum Gasteiger partial charge on any atom is 0.243 e. The summed E-state index contributed by atoms with van der Waals surface area (Å²) in [5.74, 6) is 0.602. The standard InChI is InChI=1S/C11H20N2O/c1-8(2)5-11(14)13-7-9-3-4-10(12)6-9/h5,9-10H,3-4,6-7,12H2,1-2H3,(H,13,14). The molecule has 0 aromatic heterocycles. The molecule has 0 aromatic rings. The largest absolute Gasteiger partial charge is 0.352 e. The summed E-state index contributed by atoms with van der Waals surface area (Å²) in [6.07, 6.45) is 4.93. The second kappa shape index (κ2) is 5.15. The highest BCUT2D eigenvalue weighted by Gasteiger charge is 2.21. The molecule has 0 bridgehead atoms. The van der Waals surface area contributed by atoms with Crippen molar-refractivity contribution in [2.45, 2.75) is 39.2 Å². The van der Waals surface area contributed by atoms with Crippen molar-refractivity contribution >= 4 is 5.91 Å². The molecule has 2 unspecified atom stereocenters. The number of nitrogens with two attached hydrogens (primary N) is 1. The van der Waals surface area contributed by atoms with Gasteiger partial charge in [0.2, 0.25) is 5.91 Å². The number of rotatable bonds is 3. The Labute approximate surface area is 85.7 Å². The molecule has 0 aromatic carbocycles. The molecular formula is C11H20N2O. The summed E-state index contributed by atoms with van der Waals surface area (Å²) >= 11 is 0. The summed E-state index contributed by atoms with van der Waals surface area (Å²) in [5, 5.41) is 2.91. The molecule has 14 heavy (non-hydrogen) atoms. The number of allylic oxidation sites excluding steroid dienone is 1. The van der Waals surface area contributed by atoms with Crippen molar-refractivity contribution in [3.05, 3.63) is 11.6 Å². The second-order valence-electron chi connectivity index (χ2n) is 4.41. The number of carbonyl (C=O) groups excluding carboxylic acids is 1. The van der Waals surface area contributed by atoms with Gasteiger partial charge in [0.25, 0.3) is 0 Å². The van der Waals surface area contributed by atoms with E-state index in [0.29, 0.717) is 12.0 Å². The molecule has 3 heteroatoms. The zero-order chi connectivity index (χ0) is 10.6. The van der Waals surface area contributed by atoms with E-state index in [0.717, 1.165) is 31.4 Å². The summed E-state index contributed by atoms with van der Waals surface area (Å²) < 4.78 is 0. The van der Waals surface area contributed by atoms with Crippen molar-refractivity contribution in [2.75, 3.05) is 6.54 Å². The minimum atomic E-state index is 0.0190. The topological polar surface area (TPSA) is 55.1 Å². The molecule has 1 saturated carbocycles. The Hall–Kier alpha value is -0.830. The van der Waals surface area contributed by atoms with E-state index >= 15 is 0 Å². The molecular weight excluding hydrogens is 176 g/mol. The number of carbonyl (C=O) groups is 1. The van der Waals surface area contributed by atoms with Crippen molar-refractivity contribution in [3.8, 4) is 0 Å². The highest BCUT2D eigenvalue weighted by Crippen LogP contribution is 2.22. The van der Waals surface area contributed by atoms with Crippen molar-refractivity contribution < 1.29 is 4.79 Å². The third-order valence-corrected chi connectivity index (χ3v) is 2.57. The van der Waals surface area contributed by atoms with Gasteiger partial charge in [0.05, 0.1) is 0 Å². The first-order chi connectivity index (χ1) is 6.58. The van der Waals surface area contributed by atoms with Crippen LogP contribution in [0.1, 0.15) is 33.1 Å². The molecule has 1 aliphatic rings. The maximum absolute atomic E-state index is 11.3. The van der Waals surface area contributed by atoms with Gasteiger partial charge in [-0.15, -0.1) is 0 Å². The molecule has 1 rings (SSSR count). The van der Waals surface area contributed by atoms with Gasteiger partial charge in [0.15, 0.2) is 0 Å². The fourth-order valence-electron chi connectivity index (χ4n) is 1.86. The van der Waals surface area contributed by atoms with Crippen LogP contribution in [0.4, 0.5) is 0 Å². The van der Waals surface area contributed by atoms with Crippen molar-refractivity contribution in [3.63, 3.8) is 0 Å². The molecule has 3 N–H and O–H groups in total. The van der Waals surface area contributed by atoms with Gasteiger partial charge in [-0.3, -0.25) is 4.79 Å². The Morgan fingerprint density at radius 2 is 2.21 bits per heavy atom. The highest BCUT2D eigenvalue weighted by molar-refractivity contribution is 5.87. The Morgan fingerprint density at radius 3 is 2.71 bits per heavy atom. The molecule has 1 fully saturated rings. The van der Waals surface area contributed by atoms with Crippen molar-refractivity contribution in [1.82, 2.24) is 5.32 Å². The van der Waals surface area contributed by atoms with Gasteiger partial charge < -0.3 is 11.1 Å². The average Bonchev–Trinajstić information content (AvgIpc) is 2.47. The van der Waals surface area contributed by atoms with Crippen LogP contribution in [0, 0.1) is 5.92 Å². The van der Waals surface area contributed by atoms with Gasteiger partial charge in [0, 0.05) is 18.7 Å². The Balaban J connectivity index is 2.21. The van der Waals surface area contributed by atoms with Crippen LogP contribution in [-0.4, -0.2) is 18.5 Å². The fourth-order valence-corrected chi connectivity index (χ4v) is 1.86. The van der Waals surface area contributed by atoms with E-state index in [1.54, 1.807) is 6.08 Å². The number of hydrogen-bond donors (Lipinski definition) is 2. The molecule has 1 amide bonds. The van der Waals surface area contributed by atoms with Crippen molar-refractivity contribution in [2.24, 2.45) is 11.7 Å². The molecule has 80 valence electrons. The van der Waals surface area contributed by atoms with E-state index in [2.05, 4.69) is 5.32 Å². The first-order valence-electron chi connectivity index (χ1n) is 5.26. The lowest BCUT2D eigenvalue weighted by Gasteiger charge is -2.09. The molecule has 3 nitrogen and oxygen atoms in total. The monoisotopic (exact) mass is 196 g/mol. The lowest BCUT2D eigenvalue weighted by Crippen LogP contribution is -2.27. The summed E-state index contributed by atoms with van der Waals surface area (Å²) in [6, 6.07) is 0.348. The van der Waals surface area contributed by atoms with Crippen LogP contribution in [0.3, 0.4) is 0 Å². The molecule has 0 radical (unpaired) electrons. The minimum absolute atomic E-state index is 0.0190. The van der Waals surface area contributed by atoms with Crippen LogP contribution in [0.5, 0.6) is 0 Å². The lowest BCUT2D eigenvalue weighted by atomic mass is 10.1. The lowest BCUT2D eigenvalue weighted by molar-refractivity contribution is -0.116. The summed E-state index contributed by atoms with van der Waals surface area (Å²) in [6.45, 7) is 4.62. The van der Waals surface area contributed by atoms with Crippen LogP contribution in [0.2, 0.25) is 0 Å². The van der Waals surface area contributed by atoms with Gasteiger partial charge in [-0.1, -0.05) is 5.57 Å². The summed E-state index contributed by atoms with van der Waals surface area (Å²) in [4.78, 5) is 11.3. The van der Waals surface area contributed by atoms with Crippen molar-refractivity contribution in [1.29, 1.82) is 0 Å². The molecule has 0 spiro atoms. The van der Waals surface area contributed by atoms with Crippen LogP contribution in [-0.2, 0) is 4.79 Å². The molecule has 2 atom stereocenters. The normalized spacial score (nSPS) is 25.9. The second-order valence-corrected chi connectivity index (χ2v) is 4.41. The highest BCUT2D eigenvalue weighted by atomic mass is 16.1. The summed E-state index contributed by atoms with van der Waals surface area (Å²) in [7, 11) is 0. The van der Waals surface area contributed by atoms with Gasteiger partial charge in [-0.2, -0.15) is 0 Å².